The zero-order chi connectivity index (χ0) is 18.5. The normalized spacial score (nSPS) is 17.0. The van der Waals surface area contributed by atoms with Crippen molar-refractivity contribution in [2.24, 2.45) is 0 Å². The Morgan fingerprint density at radius 3 is 2.78 bits per heavy atom. The molecule has 4 rings (SSSR count). The topological polar surface area (TPSA) is 56.2 Å². The number of fused-ring (bicyclic) bond motifs is 1. The van der Waals surface area contributed by atoms with Crippen molar-refractivity contribution in [1.29, 1.82) is 0 Å². The maximum atomic E-state index is 12.5. The minimum Gasteiger partial charge on any atom is -0.376 e. The van der Waals surface area contributed by atoms with Crippen LogP contribution in [0.25, 0.3) is 23.2 Å². The van der Waals surface area contributed by atoms with Crippen molar-refractivity contribution in [2.75, 3.05) is 13.2 Å². The summed E-state index contributed by atoms with van der Waals surface area (Å²) in [5, 5.41) is 2.99. The van der Waals surface area contributed by atoms with Crippen molar-refractivity contribution in [3.05, 3.63) is 66.0 Å². The standard InChI is InChI=1S/C22H23N3O2/c26-22(23-15-18-9-6-14-27-18)16-25-20-11-5-4-10-19(20)24-21(25)13-12-17-7-2-1-3-8-17/h1-5,7-8,10-13,18H,6,9,14-16H2,(H,23,26)/b13-12+. The second kappa shape index (κ2) is 8.18. The van der Waals surface area contributed by atoms with E-state index in [-0.39, 0.29) is 18.6 Å². The van der Waals surface area contributed by atoms with E-state index in [4.69, 9.17) is 4.74 Å². The lowest BCUT2D eigenvalue weighted by Crippen LogP contribution is -2.34. The summed E-state index contributed by atoms with van der Waals surface area (Å²) in [4.78, 5) is 17.2. The van der Waals surface area contributed by atoms with Crippen LogP contribution in [0.4, 0.5) is 0 Å². The number of aromatic nitrogens is 2. The van der Waals surface area contributed by atoms with Gasteiger partial charge in [0.05, 0.1) is 17.1 Å². The fourth-order valence-corrected chi connectivity index (χ4v) is 3.35. The summed E-state index contributed by atoms with van der Waals surface area (Å²) in [6.45, 7) is 1.60. The third-order valence-corrected chi connectivity index (χ3v) is 4.76. The van der Waals surface area contributed by atoms with Crippen LogP contribution in [0.15, 0.2) is 54.6 Å². The third kappa shape index (κ3) is 4.26. The number of nitrogens with one attached hydrogen (secondary N) is 1. The molecule has 1 aromatic heterocycles. The number of amides is 1. The van der Waals surface area contributed by atoms with Gasteiger partial charge in [0.1, 0.15) is 12.4 Å². The lowest BCUT2D eigenvalue weighted by Gasteiger charge is -2.12. The number of rotatable bonds is 6. The molecule has 27 heavy (non-hydrogen) atoms. The van der Waals surface area contributed by atoms with Crippen LogP contribution in [0, 0.1) is 0 Å². The number of carbonyl (C=O) groups is 1. The average Bonchev–Trinajstić information content (AvgIpc) is 3.34. The maximum absolute atomic E-state index is 12.5. The Kier molecular flexibility index (Phi) is 5.30. The highest BCUT2D eigenvalue weighted by Gasteiger charge is 2.17. The summed E-state index contributed by atoms with van der Waals surface area (Å²) in [5.74, 6) is 0.746. The summed E-state index contributed by atoms with van der Waals surface area (Å²) in [5.41, 5.74) is 2.94. The molecule has 0 saturated carbocycles. The van der Waals surface area contributed by atoms with Crippen molar-refractivity contribution in [3.63, 3.8) is 0 Å². The minimum absolute atomic E-state index is 0.0250. The molecule has 0 aliphatic carbocycles. The first kappa shape index (κ1) is 17.5. The summed E-state index contributed by atoms with van der Waals surface area (Å²) < 4.78 is 7.53. The van der Waals surface area contributed by atoms with Crippen LogP contribution in [0.1, 0.15) is 24.2 Å². The molecule has 1 saturated heterocycles. The number of para-hydroxylation sites is 2. The van der Waals surface area contributed by atoms with E-state index < -0.39 is 0 Å². The number of ether oxygens (including phenoxy) is 1. The molecule has 0 spiro atoms. The molecular weight excluding hydrogens is 338 g/mol. The molecule has 0 bridgehead atoms. The molecule has 1 unspecified atom stereocenters. The van der Waals surface area contributed by atoms with Crippen molar-refractivity contribution in [2.45, 2.75) is 25.5 Å². The van der Waals surface area contributed by atoms with Gasteiger partial charge in [0.15, 0.2) is 0 Å². The number of carbonyl (C=O) groups excluding carboxylic acids is 1. The Morgan fingerprint density at radius 1 is 1.15 bits per heavy atom. The zero-order valence-corrected chi connectivity index (χ0v) is 15.2. The van der Waals surface area contributed by atoms with Gasteiger partial charge >= 0.3 is 0 Å². The van der Waals surface area contributed by atoms with E-state index in [1.165, 1.54) is 0 Å². The van der Waals surface area contributed by atoms with Crippen LogP contribution < -0.4 is 5.32 Å². The molecule has 1 amide bonds. The molecule has 2 aromatic carbocycles. The number of benzene rings is 2. The van der Waals surface area contributed by atoms with Gasteiger partial charge in [-0.1, -0.05) is 48.5 Å². The van der Waals surface area contributed by atoms with Gasteiger partial charge < -0.3 is 14.6 Å². The first-order valence-corrected chi connectivity index (χ1v) is 9.36. The predicted molar refractivity (Wildman–Crippen MR) is 107 cm³/mol. The van der Waals surface area contributed by atoms with E-state index in [0.29, 0.717) is 6.54 Å². The maximum Gasteiger partial charge on any atom is 0.240 e. The van der Waals surface area contributed by atoms with Gasteiger partial charge in [-0.15, -0.1) is 0 Å². The largest absolute Gasteiger partial charge is 0.376 e. The molecule has 1 aliphatic heterocycles. The summed E-state index contributed by atoms with van der Waals surface area (Å²) >= 11 is 0. The number of hydrogen-bond donors (Lipinski definition) is 1. The van der Waals surface area contributed by atoms with E-state index in [2.05, 4.69) is 10.3 Å². The van der Waals surface area contributed by atoms with Crippen LogP contribution in [0.5, 0.6) is 0 Å². The van der Waals surface area contributed by atoms with E-state index in [1.54, 1.807) is 0 Å². The second-order valence-corrected chi connectivity index (χ2v) is 6.73. The highest BCUT2D eigenvalue weighted by molar-refractivity contribution is 5.83. The highest BCUT2D eigenvalue weighted by Crippen LogP contribution is 2.18. The molecule has 1 atom stereocenters. The molecule has 5 nitrogen and oxygen atoms in total. The first-order valence-electron chi connectivity index (χ1n) is 9.36. The van der Waals surface area contributed by atoms with Crippen LogP contribution in [-0.4, -0.2) is 34.7 Å². The van der Waals surface area contributed by atoms with Crippen molar-refractivity contribution in [1.82, 2.24) is 14.9 Å². The Hall–Kier alpha value is -2.92. The lowest BCUT2D eigenvalue weighted by molar-refractivity contribution is -0.122. The molecule has 5 heteroatoms. The molecule has 3 aromatic rings. The Labute approximate surface area is 158 Å². The van der Waals surface area contributed by atoms with Gasteiger partial charge in [0.2, 0.25) is 5.91 Å². The fourth-order valence-electron chi connectivity index (χ4n) is 3.35. The summed E-state index contributed by atoms with van der Waals surface area (Å²) in [6, 6.07) is 18.0. The Bertz CT molecular complexity index is 941. The SMILES string of the molecule is O=C(Cn1c(/C=C/c2ccccc2)nc2ccccc21)NCC1CCCO1. The molecule has 1 aliphatic rings. The highest BCUT2D eigenvalue weighted by atomic mass is 16.5. The average molecular weight is 361 g/mol. The van der Waals surface area contributed by atoms with E-state index >= 15 is 0 Å². The van der Waals surface area contributed by atoms with Gasteiger partial charge in [-0.2, -0.15) is 0 Å². The Morgan fingerprint density at radius 2 is 1.96 bits per heavy atom. The number of imidazole rings is 1. The molecular formula is C22H23N3O2. The van der Waals surface area contributed by atoms with Gasteiger partial charge in [0.25, 0.3) is 0 Å². The predicted octanol–water partition coefficient (Wildman–Crippen LogP) is 3.50. The number of hydrogen-bond acceptors (Lipinski definition) is 3. The van der Waals surface area contributed by atoms with Crippen molar-refractivity contribution >= 4 is 29.1 Å². The third-order valence-electron chi connectivity index (χ3n) is 4.76. The molecule has 1 fully saturated rings. The monoisotopic (exact) mass is 361 g/mol. The van der Waals surface area contributed by atoms with Gasteiger partial charge in [0, 0.05) is 13.2 Å². The van der Waals surface area contributed by atoms with E-state index in [9.17, 15) is 4.79 Å². The quantitative estimate of drug-likeness (QED) is 0.731. The minimum atomic E-state index is -0.0250. The smallest absolute Gasteiger partial charge is 0.240 e. The molecule has 138 valence electrons. The second-order valence-electron chi connectivity index (χ2n) is 6.73. The van der Waals surface area contributed by atoms with E-state index in [0.717, 1.165) is 41.9 Å². The van der Waals surface area contributed by atoms with Crippen molar-refractivity contribution in [3.8, 4) is 0 Å². The van der Waals surface area contributed by atoms with Crippen LogP contribution >= 0.6 is 0 Å². The fraction of sp³-hybridized carbons (Fsp3) is 0.273. The van der Waals surface area contributed by atoms with E-state index in [1.807, 2.05) is 71.3 Å². The molecule has 0 radical (unpaired) electrons. The van der Waals surface area contributed by atoms with Crippen LogP contribution in [0.2, 0.25) is 0 Å². The Balaban J connectivity index is 1.54. The van der Waals surface area contributed by atoms with Gasteiger partial charge in [-0.05, 0) is 36.6 Å². The van der Waals surface area contributed by atoms with Gasteiger partial charge in [-0.25, -0.2) is 4.98 Å². The van der Waals surface area contributed by atoms with Crippen LogP contribution in [0.3, 0.4) is 0 Å². The zero-order valence-electron chi connectivity index (χ0n) is 15.2. The molecule has 1 N–H and O–H groups in total. The lowest BCUT2D eigenvalue weighted by atomic mass is 10.2. The first-order chi connectivity index (χ1) is 13.3. The molecule has 2 heterocycles. The van der Waals surface area contributed by atoms with Crippen LogP contribution in [-0.2, 0) is 16.1 Å². The van der Waals surface area contributed by atoms with Gasteiger partial charge in [-0.3, -0.25) is 4.79 Å². The summed E-state index contributed by atoms with van der Waals surface area (Å²) in [6.07, 6.45) is 6.21. The van der Waals surface area contributed by atoms with Crippen molar-refractivity contribution < 1.29 is 9.53 Å². The number of nitrogens with zero attached hydrogens (tertiary/aromatic N) is 2. The summed E-state index contributed by atoms with van der Waals surface area (Å²) in [7, 11) is 0.